The first kappa shape index (κ1) is 48.5. The smallest absolute Gasteiger partial charge is 0.407 e. The number of nitrogens with zero attached hydrogens (tertiary/aromatic N) is 2. The lowest BCUT2D eigenvalue weighted by molar-refractivity contribution is -0.401. The molecule has 0 aromatic heterocycles. The maximum absolute atomic E-state index is 12.6. The van der Waals surface area contributed by atoms with Crippen LogP contribution in [0.3, 0.4) is 0 Å². The molecule has 2 aliphatic heterocycles. The highest BCUT2D eigenvalue weighted by Crippen LogP contribution is 2.48. The van der Waals surface area contributed by atoms with E-state index in [0.717, 1.165) is 111 Å². The summed E-state index contributed by atoms with van der Waals surface area (Å²) in [5, 5.41) is 5.89. The van der Waals surface area contributed by atoms with Gasteiger partial charge in [-0.3, -0.25) is 13.9 Å². The molecular weight excluding hydrogens is 829 g/mol. The fraction of sp³-hybridized carbons (Fsp3) is 0.511. The third-order valence-electron chi connectivity index (χ3n) is 12.2. The maximum Gasteiger partial charge on any atom is 0.407 e. The Labute approximate surface area is 368 Å². The fourth-order valence-corrected chi connectivity index (χ4v) is 9.68. The van der Waals surface area contributed by atoms with Crippen LogP contribution in [0.15, 0.2) is 94.4 Å². The Morgan fingerprint density at radius 3 is 2.15 bits per heavy atom. The topological polar surface area (TPSA) is 182 Å². The normalized spacial score (nSPS) is 19.7. The Morgan fingerprint density at radius 2 is 1.44 bits per heavy atom. The predicted octanol–water partition coefficient (Wildman–Crippen LogP) is 8.83. The molecule has 4 N–H and O–H groups in total. The number of carbonyl (C=O) groups is 2. The van der Waals surface area contributed by atoms with Crippen molar-refractivity contribution in [2.75, 3.05) is 31.6 Å². The molecule has 338 valence electrons. The number of unbranched alkanes of at least 4 members (excludes halogenated alkanes) is 5. The van der Waals surface area contributed by atoms with E-state index in [1.807, 2.05) is 69.7 Å². The molecule has 13 nitrogen and oxygen atoms in total. The molecule has 2 aromatic rings. The number of alkyl carbamates (subject to hydrolysis) is 1. The fourth-order valence-electron chi connectivity index (χ4n) is 8.67. The average molecular weight is 894 g/mol. The van der Waals surface area contributed by atoms with Crippen LogP contribution in [-0.4, -0.2) is 81.0 Å². The molecule has 3 aliphatic rings. The van der Waals surface area contributed by atoms with Crippen LogP contribution < -0.4 is 15.5 Å². The van der Waals surface area contributed by atoms with Crippen molar-refractivity contribution in [2.24, 2.45) is 0 Å². The van der Waals surface area contributed by atoms with E-state index in [1.54, 1.807) is 12.1 Å². The summed E-state index contributed by atoms with van der Waals surface area (Å²) in [6.45, 7) is 9.89. The molecule has 0 saturated carbocycles. The van der Waals surface area contributed by atoms with E-state index < -0.39 is 31.1 Å². The van der Waals surface area contributed by atoms with Gasteiger partial charge in [0.25, 0.3) is 20.2 Å². The first-order valence-corrected chi connectivity index (χ1v) is 24.7. The molecule has 2 amide bonds. The minimum Gasteiger partial charge on any atom is -0.446 e. The molecule has 5 rings (SSSR count). The highest BCUT2D eigenvalue weighted by atomic mass is 32.2. The van der Waals surface area contributed by atoms with Gasteiger partial charge in [0, 0.05) is 60.6 Å². The Morgan fingerprint density at radius 1 is 0.790 bits per heavy atom. The number of fused-ring (bicyclic) bond motifs is 2. The van der Waals surface area contributed by atoms with E-state index in [4.69, 9.17) is 4.74 Å². The van der Waals surface area contributed by atoms with Gasteiger partial charge < -0.3 is 20.3 Å². The second-order valence-electron chi connectivity index (χ2n) is 17.5. The molecule has 0 bridgehead atoms. The minimum absolute atomic E-state index is 0.0129. The van der Waals surface area contributed by atoms with Crippen LogP contribution in [0.5, 0.6) is 0 Å². The number of allylic oxidation sites excluding steroid dienone is 8. The van der Waals surface area contributed by atoms with Gasteiger partial charge in [0.15, 0.2) is 5.71 Å². The summed E-state index contributed by atoms with van der Waals surface area (Å²) >= 11 is 0. The lowest BCUT2D eigenvalue weighted by Crippen LogP contribution is -2.30. The number of benzene rings is 2. The largest absolute Gasteiger partial charge is 0.446 e. The zero-order valence-electron chi connectivity index (χ0n) is 36.9. The molecule has 62 heavy (non-hydrogen) atoms. The van der Waals surface area contributed by atoms with E-state index in [1.165, 1.54) is 24.3 Å². The van der Waals surface area contributed by atoms with Crippen molar-refractivity contribution in [3.63, 3.8) is 0 Å². The van der Waals surface area contributed by atoms with Crippen LogP contribution in [0, 0.1) is 0 Å². The summed E-state index contributed by atoms with van der Waals surface area (Å²) in [6.07, 6.45) is 24.9. The van der Waals surface area contributed by atoms with Crippen molar-refractivity contribution in [3.05, 3.63) is 95.8 Å². The van der Waals surface area contributed by atoms with Crippen molar-refractivity contribution < 1.29 is 44.8 Å². The van der Waals surface area contributed by atoms with Gasteiger partial charge in [0.1, 0.15) is 13.2 Å². The number of anilines is 1. The highest BCUT2D eigenvalue weighted by Gasteiger charge is 2.44. The van der Waals surface area contributed by atoms with Crippen molar-refractivity contribution in [1.82, 2.24) is 10.6 Å². The second kappa shape index (κ2) is 21.2. The van der Waals surface area contributed by atoms with Gasteiger partial charge in [0.05, 0.1) is 15.2 Å². The van der Waals surface area contributed by atoms with Crippen molar-refractivity contribution in [3.8, 4) is 0 Å². The number of ether oxygens (including phenoxy) is 1. The van der Waals surface area contributed by atoms with E-state index in [9.17, 15) is 35.5 Å². The lowest BCUT2D eigenvalue weighted by Gasteiger charge is -2.27. The number of rotatable bonds is 19. The van der Waals surface area contributed by atoms with Crippen LogP contribution in [-0.2, 0) is 40.6 Å². The third-order valence-corrected chi connectivity index (χ3v) is 13.9. The summed E-state index contributed by atoms with van der Waals surface area (Å²) in [6, 6.07) is 9.31. The van der Waals surface area contributed by atoms with Gasteiger partial charge in [0.2, 0.25) is 11.6 Å². The molecule has 0 fully saturated rings. The summed E-state index contributed by atoms with van der Waals surface area (Å²) in [7, 11) is -6.84. The predicted molar refractivity (Wildman–Crippen MR) is 244 cm³/mol. The number of nitrogens with one attached hydrogen (secondary N) is 2. The van der Waals surface area contributed by atoms with Crippen LogP contribution >= 0.6 is 0 Å². The third kappa shape index (κ3) is 12.5. The standard InChI is InChI=1S/C47H64N4O9S2/c1-46(2)38-33-36(61(54,55)56)26-28-40(38)50(5)42(46)23-15-11-16-24-43-47(3,4)39-34-37(62(57,58)59)27-29-41(39)51(43)32-20-12-17-25-44(52)48-30-18-9-10-19-31-49-45(53)60-35-21-13-7-6-8-14-22-35/h6-7,11,15-16,23-24,26-29,33-35H,8-10,12-14,17-22,25,30-32H2,1-5H3,(H3-,48,49,52,53,54,55,56,57,58,59)/p+1/b7-6+. The molecule has 1 atom stereocenters. The van der Waals surface area contributed by atoms with Gasteiger partial charge in [-0.1, -0.05) is 63.5 Å². The summed E-state index contributed by atoms with van der Waals surface area (Å²) in [4.78, 5) is 26.6. The summed E-state index contributed by atoms with van der Waals surface area (Å²) in [5.74, 6) is 0.0281. The van der Waals surface area contributed by atoms with E-state index in [-0.39, 0.29) is 27.9 Å². The summed E-state index contributed by atoms with van der Waals surface area (Å²) in [5.41, 5.74) is 4.06. The van der Waals surface area contributed by atoms with Crippen LogP contribution in [0.25, 0.3) is 0 Å². The quantitative estimate of drug-likeness (QED) is 0.0350. The van der Waals surface area contributed by atoms with Crippen molar-refractivity contribution in [2.45, 2.75) is 138 Å². The molecule has 0 saturated heterocycles. The lowest BCUT2D eigenvalue weighted by atomic mass is 9.81. The molecule has 2 heterocycles. The minimum atomic E-state index is -4.41. The monoisotopic (exact) mass is 893 g/mol. The summed E-state index contributed by atoms with van der Waals surface area (Å²) < 4.78 is 74.9. The maximum atomic E-state index is 12.6. The average Bonchev–Trinajstić information content (AvgIpc) is 3.52. The van der Waals surface area contributed by atoms with Crippen LogP contribution in [0.2, 0.25) is 0 Å². The van der Waals surface area contributed by atoms with Gasteiger partial charge in [-0.05, 0) is 114 Å². The Balaban J connectivity index is 1.09. The zero-order chi connectivity index (χ0) is 45.1. The molecule has 1 unspecified atom stereocenters. The molecule has 1 aliphatic carbocycles. The zero-order valence-corrected chi connectivity index (χ0v) is 38.5. The van der Waals surface area contributed by atoms with Crippen LogP contribution in [0.4, 0.5) is 16.2 Å². The molecular formula is C47H65N4O9S2+. The second-order valence-corrected chi connectivity index (χ2v) is 20.3. The van der Waals surface area contributed by atoms with Gasteiger partial charge >= 0.3 is 6.09 Å². The van der Waals surface area contributed by atoms with E-state index in [0.29, 0.717) is 26.1 Å². The number of amides is 2. The molecule has 15 heteroatoms. The molecule has 2 aromatic carbocycles. The van der Waals surface area contributed by atoms with Gasteiger partial charge in [-0.15, -0.1) is 0 Å². The van der Waals surface area contributed by atoms with Crippen molar-refractivity contribution >= 4 is 49.3 Å². The molecule has 0 radical (unpaired) electrons. The number of carbonyl (C=O) groups excluding carboxylic acids is 2. The van der Waals surface area contributed by atoms with Gasteiger partial charge in [-0.25, -0.2) is 4.79 Å². The Bertz CT molecular complexity index is 2330. The van der Waals surface area contributed by atoms with Gasteiger partial charge in [-0.2, -0.15) is 21.4 Å². The number of hydrogen-bond acceptors (Lipinski definition) is 8. The first-order chi connectivity index (χ1) is 29.3. The van der Waals surface area contributed by atoms with E-state index >= 15 is 0 Å². The number of hydrogen-bond donors (Lipinski definition) is 4. The Kier molecular flexibility index (Phi) is 16.6. The molecule has 0 spiro atoms. The van der Waals surface area contributed by atoms with Crippen molar-refractivity contribution in [1.29, 1.82) is 0 Å². The first-order valence-electron chi connectivity index (χ1n) is 21.9. The van der Waals surface area contributed by atoms with E-state index in [2.05, 4.69) is 27.7 Å². The highest BCUT2D eigenvalue weighted by molar-refractivity contribution is 7.86. The van der Waals surface area contributed by atoms with Crippen LogP contribution in [0.1, 0.15) is 122 Å². The SMILES string of the molecule is C[N+]1=C(C=CC=CC=C2N(CCCCCC(=O)NCCCCCCNC(=O)OC3CC/C=C/CCC3)c3ccc(S(=O)(=O)O)cc3C2(C)C)C(C)(C)c2cc(S(=O)(=O)O)ccc21. The Hall–Kier alpha value is -4.57.